The van der Waals surface area contributed by atoms with Crippen LogP contribution in [0.25, 0.3) is 0 Å². The topological polar surface area (TPSA) is 109 Å². The fourth-order valence-corrected chi connectivity index (χ4v) is 1.26. The van der Waals surface area contributed by atoms with E-state index in [1.54, 1.807) is 0 Å². The van der Waals surface area contributed by atoms with Crippen molar-refractivity contribution >= 4 is 29.2 Å². The van der Waals surface area contributed by atoms with Gasteiger partial charge in [0, 0.05) is 12.6 Å². The van der Waals surface area contributed by atoms with Gasteiger partial charge in [0.2, 0.25) is 5.91 Å². The van der Waals surface area contributed by atoms with Crippen molar-refractivity contribution in [1.82, 2.24) is 15.6 Å². The third-order valence-electron chi connectivity index (χ3n) is 1.89. The minimum absolute atomic E-state index is 0.110. The van der Waals surface area contributed by atoms with Crippen LogP contribution in [0.4, 0.5) is 5.82 Å². The van der Waals surface area contributed by atoms with Gasteiger partial charge in [-0.1, -0.05) is 11.6 Å². The van der Waals surface area contributed by atoms with Gasteiger partial charge >= 0.3 is 0 Å². The Morgan fingerprint density at radius 1 is 1.47 bits per heavy atom. The number of halogens is 1. The predicted molar refractivity (Wildman–Crippen MR) is 63.5 cm³/mol. The van der Waals surface area contributed by atoms with E-state index in [1.807, 2.05) is 0 Å². The van der Waals surface area contributed by atoms with Crippen LogP contribution in [0, 0.1) is 0 Å². The highest BCUT2D eigenvalue weighted by molar-refractivity contribution is 6.29. The summed E-state index contributed by atoms with van der Waals surface area (Å²) >= 11 is 5.70. The largest absolute Gasteiger partial charge is 0.358 e. The van der Waals surface area contributed by atoms with Crippen molar-refractivity contribution < 1.29 is 9.59 Å². The molecule has 0 radical (unpaired) electrons. The van der Waals surface area contributed by atoms with Gasteiger partial charge in [-0.25, -0.2) is 10.8 Å². The van der Waals surface area contributed by atoms with E-state index < -0.39 is 5.91 Å². The lowest BCUT2D eigenvalue weighted by Gasteiger charge is -2.06. The van der Waals surface area contributed by atoms with E-state index >= 15 is 0 Å². The maximum atomic E-state index is 11.6. The first kappa shape index (κ1) is 13.2. The number of nitrogens with one attached hydrogen (secondary N) is 3. The summed E-state index contributed by atoms with van der Waals surface area (Å²) in [5.74, 6) is 4.70. The third kappa shape index (κ3) is 3.89. The van der Waals surface area contributed by atoms with E-state index in [4.69, 9.17) is 17.4 Å². The van der Waals surface area contributed by atoms with Gasteiger partial charge in [0.15, 0.2) is 0 Å². The van der Waals surface area contributed by atoms with Gasteiger partial charge in [0.25, 0.3) is 5.91 Å². The van der Waals surface area contributed by atoms with Crippen LogP contribution in [0.2, 0.25) is 5.15 Å². The third-order valence-corrected chi connectivity index (χ3v) is 2.09. The number of hydrazine groups is 1. The molecule has 0 unspecified atom stereocenters. The molecule has 0 saturated carbocycles. The van der Waals surface area contributed by atoms with Crippen molar-refractivity contribution in [3.63, 3.8) is 0 Å². The average Bonchev–Trinajstić information content (AvgIpc) is 2.34. The number of amides is 2. The number of carbonyl (C=O) groups excluding carboxylic acids is 2. The van der Waals surface area contributed by atoms with Crippen molar-refractivity contribution in [1.29, 1.82) is 0 Å². The molecule has 1 aromatic heterocycles. The van der Waals surface area contributed by atoms with Crippen LogP contribution >= 0.6 is 11.6 Å². The zero-order chi connectivity index (χ0) is 12.8. The number of likely N-dealkylation sites (N-methyl/N-ethyl adjacent to an activating group) is 1. The molecular formula is C9H12ClN5O2. The van der Waals surface area contributed by atoms with Gasteiger partial charge in [-0.3, -0.25) is 9.59 Å². The van der Waals surface area contributed by atoms with E-state index in [2.05, 4.69) is 21.0 Å². The Morgan fingerprint density at radius 3 is 2.76 bits per heavy atom. The maximum Gasteiger partial charge on any atom is 0.251 e. The Hall–Kier alpha value is -1.86. The highest BCUT2D eigenvalue weighted by Gasteiger charge is 2.09. The number of hydrogen-bond donors (Lipinski definition) is 4. The summed E-state index contributed by atoms with van der Waals surface area (Å²) < 4.78 is 0. The van der Waals surface area contributed by atoms with Crippen molar-refractivity contribution in [2.45, 2.75) is 0 Å². The zero-order valence-electron chi connectivity index (χ0n) is 9.08. The molecule has 17 heavy (non-hydrogen) atoms. The number of rotatable bonds is 4. The van der Waals surface area contributed by atoms with Gasteiger partial charge < -0.3 is 16.1 Å². The average molecular weight is 258 g/mol. The van der Waals surface area contributed by atoms with Crippen LogP contribution < -0.4 is 21.9 Å². The lowest BCUT2D eigenvalue weighted by atomic mass is 10.2. The lowest BCUT2D eigenvalue weighted by Crippen LogP contribution is -2.35. The molecule has 0 atom stereocenters. The Labute approximate surface area is 103 Å². The summed E-state index contributed by atoms with van der Waals surface area (Å²) in [6.07, 6.45) is 0. The molecule has 0 bridgehead atoms. The van der Waals surface area contributed by atoms with E-state index in [-0.39, 0.29) is 29.0 Å². The highest BCUT2D eigenvalue weighted by Crippen LogP contribution is 2.13. The maximum absolute atomic E-state index is 11.6. The van der Waals surface area contributed by atoms with Crippen LogP contribution in [0.3, 0.4) is 0 Å². The van der Waals surface area contributed by atoms with Gasteiger partial charge in [-0.05, 0) is 12.1 Å². The molecule has 0 aliphatic heterocycles. The van der Waals surface area contributed by atoms with Crippen molar-refractivity contribution in [2.24, 2.45) is 5.84 Å². The fraction of sp³-hybridized carbons (Fsp3) is 0.222. The van der Waals surface area contributed by atoms with E-state index in [1.165, 1.54) is 19.2 Å². The van der Waals surface area contributed by atoms with Gasteiger partial charge in [0.1, 0.15) is 11.0 Å². The number of anilines is 1. The zero-order valence-corrected chi connectivity index (χ0v) is 9.84. The smallest absolute Gasteiger partial charge is 0.251 e. The van der Waals surface area contributed by atoms with Gasteiger partial charge in [-0.2, -0.15) is 0 Å². The Kier molecular flexibility index (Phi) is 4.68. The van der Waals surface area contributed by atoms with Gasteiger partial charge in [-0.15, -0.1) is 0 Å². The van der Waals surface area contributed by atoms with Crippen LogP contribution in [0.1, 0.15) is 10.4 Å². The second-order valence-corrected chi connectivity index (χ2v) is 3.45. The minimum Gasteiger partial charge on any atom is -0.358 e. The highest BCUT2D eigenvalue weighted by atomic mass is 35.5. The Morgan fingerprint density at radius 2 is 2.18 bits per heavy atom. The van der Waals surface area contributed by atoms with E-state index in [9.17, 15) is 9.59 Å². The Balaban J connectivity index is 2.74. The summed E-state index contributed by atoms with van der Waals surface area (Å²) in [7, 11) is 1.48. The van der Waals surface area contributed by atoms with Crippen molar-refractivity contribution in [2.75, 3.05) is 19.0 Å². The van der Waals surface area contributed by atoms with E-state index in [0.717, 1.165) is 0 Å². The first-order valence-electron chi connectivity index (χ1n) is 4.69. The Bertz CT molecular complexity index is 437. The number of nitrogen functional groups attached to an aromatic ring is 1. The normalized spacial score (nSPS) is 9.59. The quantitative estimate of drug-likeness (QED) is 0.330. The summed E-state index contributed by atoms with van der Waals surface area (Å²) in [5.41, 5.74) is 2.55. The molecule has 7 nitrogen and oxygen atoms in total. The molecule has 1 aromatic rings. The number of nitrogens with two attached hydrogens (primary N) is 1. The molecule has 0 aliphatic rings. The number of pyridine rings is 1. The fourth-order valence-electron chi connectivity index (χ4n) is 1.05. The predicted octanol–water partition coefficient (Wildman–Crippen LogP) is -0.504. The number of aromatic nitrogens is 1. The van der Waals surface area contributed by atoms with Crippen LogP contribution in [-0.2, 0) is 4.79 Å². The van der Waals surface area contributed by atoms with Crippen LogP contribution in [0.5, 0.6) is 0 Å². The molecule has 0 saturated heterocycles. The first-order chi connectivity index (χ1) is 8.06. The molecular weight excluding hydrogens is 246 g/mol. The summed E-state index contributed by atoms with van der Waals surface area (Å²) in [5, 5.41) is 4.93. The molecule has 0 fully saturated rings. The van der Waals surface area contributed by atoms with Crippen LogP contribution in [0.15, 0.2) is 12.1 Å². The molecule has 1 rings (SSSR count). The van der Waals surface area contributed by atoms with E-state index in [0.29, 0.717) is 0 Å². The second-order valence-electron chi connectivity index (χ2n) is 3.06. The molecule has 0 aromatic carbocycles. The second kappa shape index (κ2) is 6.02. The minimum atomic E-state index is -0.436. The summed E-state index contributed by atoms with van der Waals surface area (Å²) in [4.78, 5) is 26.4. The molecule has 8 heteroatoms. The standard InChI is InChI=1S/C9H12ClN5O2/c1-12-8(16)4-13-9(17)5-2-6(10)14-7(3-5)15-11/h2-3H,4,11H2,1H3,(H,12,16)(H,13,17)(H,14,15). The molecule has 92 valence electrons. The molecule has 2 amide bonds. The number of nitrogens with zero attached hydrogens (tertiary/aromatic N) is 1. The summed E-state index contributed by atoms with van der Waals surface area (Å²) in [6.45, 7) is -0.110. The molecule has 1 heterocycles. The van der Waals surface area contributed by atoms with Crippen LogP contribution in [-0.4, -0.2) is 30.4 Å². The molecule has 0 spiro atoms. The SMILES string of the molecule is CNC(=O)CNC(=O)c1cc(Cl)nc(NN)c1. The lowest BCUT2D eigenvalue weighted by molar-refractivity contribution is -0.119. The monoisotopic (exact) mass is 257 g/mol. The van der Waals surface area contributed by atoms with Gasteiger partial charge in [0.05, 0.1) is 6.54 Å². The first-order valence-corrected chi connectivity index (χ1v) is 5.07. The van der Waals surface area contributed by atoms with Crippen molar-refractivity contribution in [3.05, 3.63) is 22.8 Å². The number of carbonyl (C=O) groups is 2. The number of hydrogen-bond acceptors (Lipinski definition) is 5. The molecule has 5 N–H and O–H groups in total. The van der Waals surface area contributed by atoms with Crippen molar-refractivity contribution in [3.8, 4) is 0 Å². The summed E-state index contributed by atoms with van der Waals surface area (Å²) in [6, 6.07) is 2.80. The molecule has 0 aliphatic carbocycles.